The second-order valence-electron chi connectivity index (χ2n) is 7.79. The molecule has 11 heteroatoms. The number of hydrazone groups is 1. The van der Waals surface area contributed by atoms with Gasteiger partial charge in [-0.2, -0.15) is 5.10 Å². The number of benzene rings is 3. The van der Waals surface area contributed by atoms with E-state index < -0.39 is 12.6 Å². The molecule has 4 aromatic rings. The Kier molecular flexibility index (Phi) is 8.55. The number of rotatable bonds is 10. The van der Waals surface area contributed by atoms with Gasteiger partial charge in [0.1, 0.15) is 5.75 Å². The zero-order chi connectivity index (χ0) is 26.2. The number of nitrogens with one attached hydrogen (secondary N) is 1. The van der Waals surface area contributed by atoms with Gasteiger partial charge in [0.05, 0.1) is 12.0 Å². The number of carboxylic acids is 1. The van der Waals surface area contributed by atoms with Gasteiger partial charge in [-0.25, -0.2) is 10.2 Å². The monoisotopic (exact) mass is 535 g/mol. The Morgan fingerprint density at radius 3 is 2.54 bits per heavy atom. The molecule has 0 aliphatic carbocycles. The van der Waals surface area contributed by atoms with Crippen molar-refractivity contribution in [2.24, 2.45) is 5.10 Å². The van der Waals surface area contributed by atoms with E-state index >= 15 is 0 Å². The number of para-hydroxylation sites is 1. The van der Waals surface area contributed by atoms with Crippen LogP contribution in [0.15, 0.2) is 83.1 Å². The SMILES string of the molecule is Cc1ccc(-n2c(SCC(=O)N/N=C/c3ccccc3OCC(=O)O)nnc2-c2ccc(Cl)cc2)cc1. The Balaban J connectivity index is 1.47. The molecular formula is C26H22ClN5O4S. The van der Waals surface area contributed by atoms with Gasteiger partial charge < -0.3 is 9.84 Å². The maximum Gasteiger partial charge on any atom is 0.341 e. The van der Waals surface area contributed by atoms with Crippen LogP contribution in [0, 0.1) is 6.92 Å². The number of carbonyl (C=O) groups excluding carboxylic acids is 1. The van der Waals surface area contributed by atoms with Gasteiger partial charge in [-0.3, -0.25) is 9.36 Å². The molecule has 2 N–H and O–H groups in total. The first-order valence-electron chi connectivity index (χ1n) is 11.1. The number of hydrogen-bond acceptors (Lipinski definition) is 7. The van der Waals surface area contributed by atoms with E-state index in [0.717, 1.165) is 16.8 Å². The van der Waals surface area contributed by atoms with Crippen molar-refractivity contribution < 1.29 is 19.4 Å². The van der Waals surface area contributed by atoms with Gasteiger partial charge in [0, 0.05) is 21.8 Å². The summed E-state index contributed by atoms with van der Waals surface area (Å²) in [5.74, 6) is -0.428. The second kappa shape index (κ2) is 12.2. The van der Waals surface area contributed by atoms with Crippen molar-refractivity contribution in [2.75, 3.05) is 12.4 Å². The number of aliphatic carboxylic acids is 1. The summed E-state index contributed by atoms with van der Waals surface area (Å²) < 4.78 is 7.13. The standard InChI is InChI=1S/C26H22ClN5O4S/c1-17-6-12-21(13-7-17)32-25(18-8-10-20(27)11-9-18)30-31-26(32)37-16-23(33)29-28-14-19-4-2-3-5-22(19)36-15-24(34)35/h2-14H,15-16H2,1H3,(H,29,33)(H,34,35)/b28-14+. The van der Waals surface area contributed by atoms with Crippen LogP contribution in [0.2, 0.25) is 5.02 Å². The molecule has 0 unspecified atom stereocenters. The zero-order valence-electron chi connectivity index (χ0n) is 19.7. The van der Waals surface area contributed by atoms with Crippen LogP contribution in [0.25, 0.3) is 17.1 Å². The number of halogens is 1. The van der Waals surface area contributed by atoms with Gasteiger partial charge in [-0.05, 0) is 55.5 Å². The molecule has 0 fully saturated rings. The third-order valence-corrected chi connectivity index (χ3v) is 6.20. The minimum Gasteiger partial charge on any atom is -0.481 e. The molecule has 0 aliphatic rings. The Labute approximate surface area is 222 Å². The second-order valence-corrected chi connectivity index (χ2v) is 9.17. The third kappa shape index (κ3) is 6.96. The van der Waals surface area contributed by atoms with Crippen LogP contribution in [0.5, 0.6) is 5.75 Å². The van der Waals surface area contributed by atoms with Crippen LogP contribution in [0.1, 0.15) is 11.1 Å². The number of hydrogen-bond donors (Lipinski definition) is 2. The van der Waals surface area contributed by atoms with Gasteiger partial charge in [0.15, 0.2) is 17.6 Å². The maximum absolute atomic E-state index is 12.5. The van der Waals surface area contributed by atoms with Crippen LogP contribution in [-0.4, -0.2) is 50.3 Å². The summed E-state index contributed by atoms with van der Waals surface area (Å²) in [5.41, 5.74) is 5.81. The van der Waals surface area contributed by atoms with E-state index in [9.17, 15) is 9.59 Å². The number of carbonyl (C=O) groups is 2. The van der Waals surface area contributed by atoms with E-state index in [1.807, 2.05) is 47.9 Å². The molecule has 0 aliphatic heterocycles. The molecule has 188 valence electrons. The van der Waals surface area contributed by atoms with E-state index in [4.69, 9.17) is 21.4 Å². The molecule has 9 nitrogen and oxygen atoms in total. The number of aromatic nitrogens is 3. The minimum absolute atomic E-state index is 0.0408. The average Bonchev–Trinajstić information content (AvgIpc) is 3.31. The lowest BCUT2D eigenvalue weighted by Crippen LogP contribution is -2.20. The molecular weight excluding hydrogens is 514 g/mol. The lowest BCUT2D eigenvalue weighted by molar-refractivity contribution is -0.139. The topological polar surface area (TPSA) is 119 Å². The minimum atomic E-state index is -1.09. The zero-order valence-corrected chi connectivity index (χ0v) is 21.2. The average molecular weight is 536 g/mol. The number of aryl methyl sites for hydroxylation is 1. The van der Waals surface area contributed by atoms with Gasteiger partial charge in [0.25, 0.3) is 5.91 Å². The number of thioether (sulfide) groups is 1. The van der Waals surface area contributed by atoms with Gasteiger partial charge in [-0.1, -0.05) is 53.2 Å². The van der Waals surface area contributed by atoms with E-state index in [0.29, 0.717) is 27.3 Å². The van der Waals surface area contributed by atoms with Crippen LogP contribution < -0.4 is 10.2 Å². The summed E-state index contributed by atoms with van der Waals surface area (Å²) in [5, 5.41) is 22.6. The Bertz CT molecular complexity index is 1420. The Morgan fingerprint density at radius 1 is 1.08 bits per heavy atom. The molecule has 0 radical (unpaired) electrons. The molecule has 4 rings (SSSR count). The number of amides is 1. The Morgan fingerprint density at radius 2 is 1.81 bits per heavy atom. The van der Waals surface area contributed by atoms with Crippen molar-refractivity contribution >= 4 is 41.5 Å². The largest absolute Gasteiger partial charge is 0.481 e. The summed E-state index contributed by atoms with van der Waals surface area (Å²) in [6.07, 6.45) is 1.40. The van der Waals surface area contributed by atoms with Crippen LogP contribution in [0.4, 0.5) is 0 Å². The fourth-order valence-electron chi connectivity index (χ4n) is 3.27. The highest BCUT2D eigenvalue weighted by atomic mass is 35.5. The molecule has 1 heterocycles. The Hall–Kier alpha value is -4.15. The number of carboxylic acid groups (broad SMARTS) is 1. The molecule has 0 atom stereocenters. The molecule has 1 aromatic heterocycles. The lowest BCUT2D eigenvalue weighted by Gasteiger charge is -2.11. The first-order valence-corrected chi connectivity index (χ1v) is 12.4. The predicted molar refractivity (Wildman–Crippen MR) is 143 cm³/mol. The quantitative estimate of drug-likeness (QED) is 0.173. The summed E-state index contributed by atoms with van der Waals surface area (Å²) in [6.45, 7) is 1.53. The molecule has 0 saturated carbocycles. The van der Waals surface area contributed by atoms with Crippen molar-refractivity contribution in [3.8, 4) is 22.8 Å². The van der Waals surface area contributed by atoms with Crippen LogP contribution >= 0.6 is 23.4 Å². The van der Waals surface area contributed by atoms with Gasteiger partial charge in [0.2, 0.25) is 0 Å². The third-order valence-electron chi connectivity index (χ3n) is 5.02. The number of nitrogens with zero attached hydrogens (tertiary/aromatic N) is 4. The summed E-state index contributed by atoms with van der Waals surface area (Å²) in [4.78, 5) is 23.3. The molecule has 37 heavy (non-hydrogen) atoms. The van der Waals surface area contributed by atoms with Crippen LogP contribution in [-0.2, 0) is 9.59 Å². The molecule has 0 saturated heterocycles. The summed E-state index contributed by atoms with van der Waals surface area (Å²) >= 11 is 7.27. The highest BCUT2D eigenvalue weighted by Gasteiger charge is 2.17. The van der Waals surface area contributed by atoms with Gasteiger partial charge >= 0.3 is 5.97 Å². The highest BCUT2D eigenvalue weighted by Crippen LogP contribution is 2.29. The van der Waals surface area contributed by atoms with Crippen molar-refractivity contribution in [2.45, 2.75) is 12.1 Å². The first kappa shape index (κ1) is 25.9. The fraction of sp³-hybridized carbons (Fsp3) is 0.115. The van der Waals surface area contributed by atoms with Crippen molar-refractivity contribution in [3.05, 3.63) is 88.9 Å². The fourth-order valence-corrected chi connectivity index (χ4v) is 4.14. The predicted octanol–water partition coefficient (Wildman–Crippen LogP) is 4.60. The van der Waals surface area contributed by atoms with E-state index in [2.05, 4.69) is 20.7 Å². The lowest BCUT2D eigenvalue weighted by atomic mass is 10.2. The first-order chi connectivity index (χ1) is 17.9. The maximum atomic E-state index is 12.5. The van der Waals surface area contributed by atoms with E-state index in [1.54, 1.807) is 36.4 Å². The van der Waals surface area contributed by atoms with E-state index in [-0.39, 0.29) is 11.7 Å². The van der Waals surface area contributed by atoms with Gasteiger partial charge in [-0.15, -0.1) is 10.2 Å². The number of ether oxygens (including phenoxy) is 1. The molecule has 3 aromatic carbocycles. The van der Waals surface area contributed by atoms with E-state index in [1.165, 1.54) is 18.0 Å². The highest BCUT2D eigenvalue weighted by molar-refractivity contribution is 7.99. The summed E-state index contributed by atoms with van der Waals surface area (Å²) in [6, 6.07) is 22.0. The summed E-state index contributed by atoms with van der Waals surface area (Å²) in [7, 11) is 0. The van der Waals surface area contributed by atoms with Crippen molar-refractivity contribution in [1.29, 1.82) is 0 Å². The molecule has 1 amide bonds. The van der Waals surface area contributed by atoms with Crippen molar-refractivity contribution in [3.63, 3.8) is 0 Å². The van der Waals surface area contributed by atoms with Crippen LogP contribution in [0.3, 0.4) is 0 Å². The molecule has 0 bridgehead atoms. The molecule has 0 spiro atoms. The smallest absolute Gasteiger partial charge is 0.341 e. The normalized spacial score (nSPS) is 11.0. The van der Waals surface area contributed by atoms with Crippen molar-refractivity contribution in [1.82, 2.24) is 20.2 Å².